The Kier molecular flexibility index (Phi) is 59.0. The largest absolute Gasteiger partial charge is 0.466 e. The molecule has 0 bridgehead atoms. The van der Waals surface area contributed by atoms with Crippen molar-refractivity contribution in [3.8, 4) is 0 Å². The number of carbonyl (C=O) groups is 2. The standard InChI is InChI=1S/C65H123NO5/c1-3-5-7-9-11-13-15-17-18-19-27-30-34-37-41-45-49-53-57-63(68)62(61-67)66-64(69)58-54-50-46-42-38-35-31-28-25-23-21-20-22-24-26-29-32-36-40-44-48-52-56-60-71-65(70)59-55-51-47-43-39-33-16-14-12-10-8-6-4-2/h8,10,14,16,53,57,62-63,67-68H,3-7,9,11-13,15,17-52,54-56,58-61H2,1-2H3,(H,66,69)/b10-8-,16-14-,57-53+. The van der Waals surface area contributed by atoms with E-state index >= 15 is 0 Å². The third-order valence-electron chi connectivity index (χ3n) is 14.6. The molecule has 6 nitrogen and oxygen atoms in total. The molecule has 0 rings (SSSR count). The van der Waals surface area contributed by atoms with Crippen LogP contribution in [-0.2, 0) is 14.3 Å². The van der Waals surface area contributed by atoms with E-state index in [0.29, 0.717) is 19.4 Å². The monoisotopic (exact) mass is 998 g/mol. The summed E-state index contributed by atoms with van der Waals surface area (Å²) in [6, 6.07) is -0.628. The van der Waals surface area contributed by atoms with Crippen molar-refractivity contribution in [3.63, 3.8) is 0 Å². The minimum atomic E-state index is -0.845. The number of unbranched alkanes of at least 4 members (excludes halogenated alkanes) is 44. The van der Waals surface area contributed by atoms with Crippen LogP contribution < -0.4 is 5.32 Å². The molecule has 0 spiro atoms. The van der Waals surface area contributed by atoms with Gasteiger partial charge in [0.25, 0.3) is 0 Å². The number of rotatable bonds is 59. The third kappa shape index (κ3) is 57.2. The number of hydrogen-bond acceptors (Lipinski definition) is 5. The fourth-order valence-corrected chi connectivity index (χ4v) is 9.79. The van der Waals surface area contributed by atoms with Crippen LogP contribution in [0.1, 0.15) is 341 Å². The van der Waals surface area contributed by atoms with Crippen molar-refractivity contribution < 1.29 is 24.5 Å². The van der Waals surface area contributed by atoms with E-state index in [9.17, 15) is 19.8 Å². The molecule has 418 valence electrons. The lowest BCUT2D eigenvalue weighted by Crippen LogP contribution is -2.45. The van der Waals surface area contributed by atoms with Gasteiger partial charge >= 0.3 is 5.97 Å². The van der Waals surface area contributed by atoms with E-state index in [1.165, 1.54) is 263 Å². The molecule has 0 radical (unpaired) electrons. The van der Waals surface area contributed by atoms with Gasteiger partial charge in [-0.05, 0) is 57.8 Å². The summed E-state index contributed by atoms with van der Waals surface area (Å²) in [5, 5.41) is 23.2. The molecule has 0 aliphatic carbocycles. The molecular weight excluding hydrogens is 875 g/mol. The topological polar surface area (TPSA) is 95.9 Å². The Morgan fingerprint density at radius 2 is 0.732 bits per heavy atom. The summed E-state index contributed by atoms with van der Waals surface area (Å²) in [5.41, 5.74) is 0. The van der Waals surface area contributed by atoms with E-state index in [2.05, 4.69) is 43.5 Å². The molecule has 0 fully saturated rings. The van der Waals surface area contributed by atoms with Crippen LogP contribution in [0, 0.1) is 0 Å². The third-order valence-corrected chi connectivity index (χ3v) is 14.6. The van der Waals surface area contributed by atoms with Gasteiger partial charge in [-0.1, -0.05) is 307 Å². The first kappa shape index (κ1) is 69.1. The van der Waals surface area contributed by atoms with Crippen LogP contribution in [0.4, 0.5) is 0 Å². The highest BCUT2D eigenvalue weighted by molar-refractivity contribution is 5.76. The average Bonchev–Trinajstić information content (AvgIpc) is 3.37. The van der Waals surface area contributed by atoms with Crippen molar-refractivity contribution in [1.82, 2.24) is 5.32 Å². The second kappa shape index (κ2) is 60.6. The minimum absolute atomic E-state index is 0.00139. The van der Waals surface area contributed by atoms with Crippen molar-refractivity contribution in [2.45, 2.75) is 353 Å². The molecule has 2 unspecified atom stereocenters. The Morgan fingerprint density at radius 1 is 0.394 bits per heavy atom. The second-order valence-corrected chi connectivity index (χ2v) is 21.7. The molecule has 1 amide bonds. The molecule has 0 aromatic carbocycles. The number of allylic oxidation sites excluding steroid dienone is 5. The van der Waals surface area contributed by atoms with Crippen LogP contribution in [0.2, 0.25) is 0 Å². The van der Waals surface area contributed by atoms with Gasteiger partial charge in [-0.25, -0.2) is 0 Å². The number of ether oxygens (including phenoxy) is 1. The van der Waals surface area contributed by atoms with E-state index in [1.807, 2.05) is 6.08 Å². The maximum atomic E-state index is 12.5. The summed E-state index contributed by atoms with van der Waals surface area (Å²) in [4.78, 5) is 24.5. The highest BCUT2D eigenvalue weighted by atomic mass is 16.5. The summed E-state index contributed by atoms with van der Waals surface area (Å²) in [6.45, 7) is 4.85. The van der Waals surface area contributed by atoms with Crippen molar-refractivity contribution >= 4 is 11.9 Å². The number of aliphatic hydroxyl groups is 2. The maximum absolute atomic E-state index is 12.5. The van der Waals surface area contributed by atoms with Gasteiger partial charge in [-0.15, -0.1) is 0 Å². The lowest BCUT2D eigenvalue weighted by atomic mass is 10.0. The van der Waals surface area contributed by atoms with E-state index in [0.717, 1.165) is 51.4 Å². The smallest absolute Gasteiger partial charge is 0.305 e. The Morgan fingerprint density at radius 3 is 1.13 bits per heavy atom. The van der Waals surface area contributed by atoms with Crippen LogP contribution in [-0.4, -0.2) is 47.4 Å². The zero-order valence-electron chi connectivity index (χ0n) is 47.7. The summed E-state index contributed by atoms with van der Waals surface area (Å²) < 4.78 is 5.47. The van der Waals surface area contributed by atoms with Crippen LogP contribution in [0.3, 0.4) is 0 Å². The minimum Gasteiger partial charge on any atom is -0.466 e. The molecule has 0 saturated carbocycles. The first-order valence-corrected chi connectivity index (χ1v) is 31.8. The fourth-order valence-electron chi connectivity index (χ4n) is 9.79. The Bertz CT molecular complexity index is 1150. The highest BCUT2D eigenvalue weighted by Gasteiger charge is 2.18. The van der Waals surface area contributed by atoms with E-state index in [-0.39, 0.29) is 18.5 Å². The van der Waals surface area contributed by atoms with Crippen LogP contribution in [0.25, 0.3) is 0 Å². The molecule has 6 heteroatoms. The zero-order chi connectivity index (χ0) is 51.4. The lowest BCUT2D eigenvalue weighted by Gasteiger charge is -2.20. The predicted molar refractivity (Wildman–Crippen MR) is 310 cm³/mol. The molecular formula is C65H123NO5. The maximum Gasteiger partial charge on any atom is 0.305 e. The van der Waals surface area contributed by atoms with E-state index in [1.54, 1.807) is 6.08 Å². The van der Waals surface area contributed by atoms with Gasteiger partial charge in [-0.3, -0.25) is 9.59 Å². The number of nitrogens with one attached hydrogen (secondary N) is 1. The lowest BCUT2D eigenvalue weighted by molar-refractivity contribution is -0.143. The zero-order valence-corrected chi connectivity index (χ0v) is 47.7. The van der Waals surface area contributed by atoms with Gasteiger partial charge < -0.3 is 20.3 Å². The Hall–Kier alpha value is -1.92. The molecule has 0 saturated heterocycles. The van der Waals surface area contributed by atoms with Crippen LogP contribution in [0.15, 0.2) is 36.5 Å². The van der Waals surface area contributed by atoms with E-state index < -0.39 is 12.1 Å². The second-order valence-electron chi connectivity index (χ2n) is 21.7. The molecule has 0 aliphatic heterocycles. The summed E-state index contributed by atoms with van der Waals surface area (Å²) in [5.74, 6) is -0.0667. The van der Waals surface area contributed by atoms with Crippen molar-refractivity contribution in [1.29, 1.82) is 0 Å². The number of carbonyl (C=O) groups excluding carboxylic acids is 2. The van der Waals surface area contributed by atoms with Crippen molar-refractivity contribution in [2.75, 3.05) is 13.2 Å². The quantitative estimate of drug-likeness (QED) is 0.0321. The van der Waals surface area contributed by atoms with Gasteiger partial charge in [0.15, 0.2) is 0 Å². The van der Waals surface area contributed by atoms with Gasteiger partial charge in [0.2, 0.25) is 5.91 Å². The van der Waals surface area contributed by atoms with Gasteiger partial charge in [0.05, 0.1) is 25.4 Å². The average molecular weight is 999 g/mol. The number of amides is 1. The number of hydrogen-bond donors (Lipinski definition) is 3. The predicted octanol–water partition coefficient (Wildman–Crippen LogP) is 20.0. The summed E-state index contributed by atoms with van der Waals surface area (Å²) in [7, 11) is 0. The van der Waals surface area contributed by atoms with Crippen molar-refractivity contribution in [3.05, 3.63) is 36.5 Å². The number of aliphatic hydroxyl groups excluding tert-OH is 2. The molecule has 3 N–H and O–H groups in total. The number of esters is 1. The first-order valence-electron chi connectivity index (χ1n) is 31.8. The normalized spacial score (nSPS) is 12.8. The van der Waals surface area contributed by atoms with Gasteiger partial charge in [0, 0.05) is 12.8 Å². The molecule has 0 aliphatic rings. The molecule has 71 heavy (non-hydrogen) atoms. The Balaban J connectivity index is 3.41. The SMILES string of the molecule is CCC/C=C\C/C=C\CCCCCCCC(=O)OCCCCCCCCCCCCCCCCCCCCCCCCCC(=O)NC(CO)C(O)/C=C/CCCCCCCCCCCCCCCCCC. The molecule has 2 atom stereocenters. The first-order chi connectivity index (χ1) is 35.0. The molecule has 0 aromatic rings. The fraction of sp³-hybridized carbons (Fsp3) is 0.877. The van der Waals surface area contributed by atoms with Crippen LogP contribution in [0.5, 0.6) is 0 Å². The highest BCUT2D eigenvalue weighted by Crippen LogP contribution is 2.18. The van der Waals surface area contributed by atoms with Crippen LogP contribution >= 0.6 is 0 Å². The van der Waals surface area contributed by atoms with Crippen molar-refractivity contribution in [2.24, 2.45) is 0 Å². The Labute approximate surface area is 443 Å². The molecule has 0 aromatic heterocycles. The summed E-state index contributed by atoms with van der Waals surface area (Å²) >= 11 is 0. The molecule has 0 heterocycles. The van der Waals surface area contributed by atoms with E-state index in [4.69, 9.17) is 4.74 Å². The van der Waals surface area contributed by atoms with Gasteiger partial charge in [0.1, 0.15) is 0 Å². The van der Waals surface area contributed by atoms with Gasteiger partial charge in [-0.2, -0.15) is 0 Å². The summed E-state index contributed by atoms with van der Waals surface area (Å²) in [6.07, 6.45) is 76.2.